The van der Waals surface area contributed by atoms with Crippen molar-refractivity contribution in [2.45, 2.75) is 18.2 Å². The minimum absolute atomic E-state index is 0. The predicted molar refractivity (Wildman–Crippen MR) is 79.1 cm³/mol. The molecule has 100 valence electrons. The second-order valence-corrected chi connectivity index (χ2v) is 5.71. The summed E-state index contributed by atoms with van der Waals surface area (Å²) in [5, 5.41) is 0.418. The summed E-state index contributed by atoms with van der Waals surface area (Å²) in [5.41, 5.74) is 6.69. The lowest BCUT2D eigenvalue weighted by atomic mass is 10.0. The van der Waals surface area contributed by atoms with Crippen LogP contribution in [0.5, 0.6) is 0 Å². The van der Waals surface area contributed by atoms with Crippen molar-refractivity contribution in [3.63, 3.8) is 0 Å². The number of hydrogen-bond acceptors (Lipinski definition) is 3. The summed E-state index contributed by atoms with van der Waals surface area (Å²) in [6.45, 7) is 3.07. The van der Waals surface area contributed by atoms with Gasteiger partial charge in [0.05, 0.1) is 12.6 Å². The van der Waals surface area contributed by atoms with Gasteiger partial charge in [-0.3, -0.25) is 4.79 Å². The summed E-state index contributed by atoms with van der Waals surface area (Å²) in [4.78, 5) is 13.8. The molecule has 1 aliphatic rings. The van der Waals surface area contributed by atoms with Crippen molar-refractivity contribution in [3.05, 3.63) is 35.9 Å². The molecule has 1 heterocycles. The Bertz CT molecular complexity index is 388. The van der Waals surface area contributed by atoms with Crippen LogP contribution in [0.2, 0.25) is 0 Å². The first kappa shape index (κ1) is 15.3. The molecule has 3 nitrogen and oxygen atoms in total. The lowest BCUT2D eigenvalue weighted by Crippen LogP contribution is -2.46. The van der Waals surface area contributed by atoms with Gasteiger partial charge in [0.1, 0.15) is 0 Å². The maximum absolute atomic E-state index is 11.9. The van der Waals surface area contributed by atoms with Crippen molar-refractivity contribution >= 4 is 30.1 Å². The zero-order chi connectivity index (χ0) is 12.3. The van der Waals surface area contributed by atoms with Crippen LogP contribution in [0.15, 0.2) is 30.3 Å². The van der Waals surface area contributed by atoms with Crippen molar-refractivity contribution in [1.82, 2.24) is 4.90 Å². The van der Waals surface area contributed by atoms with Crippen LogP contribution in [0, 0.1) is 0 Å². The number of halogens is 1. The Morgan fingerprint density at radius 2 is 2.11 bits per heavy atom. The third-order valence-electron chi connectivity index (χ3n) is 3.13. The summed E-state index contributed by atoms with van der Waals surface area (Å²) in [6, 6.07) is 10.4. The Hall–Kier alpha value is -0.710. The van der Waals surface area contributed by atoms with Gasteiger partial charge >= 0.3 is 0 Å². The molecule has 0 aliphatic carbocycles. The normalized spacial score (nSPS) is 23.3. The average molecular weight is 287 g/mol. The van der Waals surface area contributed by atoms with E-state index >= 15 is 0 Å². The van der Waals surface area contributed by atoms with Crippen LogP contribution in [0.3, 0.4) is 0 Å². The third-order valence-corrected chi connectivity index (χ3v) is 4.33. The van der Waals surface area contributed by atoms with Crippen molar-refractivity contribution < 1.29 is 4.79 Å². The maximum atomic E-state index is 11.9. The summed E-state index contributed by atoms with van der Waals surface area (Å²) in [7, 11) is 0. The van der Waals surface area contributed by atoms with Gasteiger partial charge in [-0.15, -0.1) is 12.4 Å². The monoisotopic (exact) mass is 286 g/mol. The molecule has 2 unspecified atom stereocenters. The molecular weight excluding hydrogens is 268 g/mol. The van der Waals surface area contributed by atoms with E-state index in [1.54, 1.807) is 0 Å². The molecule has 18 heavy (non-hydrogen) atoms. The molecule has 0 saturated carbocycles. The van der Waals surface area contributed by atoms with Crippen molar-refractivity contribution in [1.29, 1.82) is 0 Å². The molecule has 2 N–H and O–H groups in total. The molecule has 1 saturated heterocycles. The molecule has 0 spiro atoms. The van der Waals surface area contributed by atoms with Gasteiger partial charge in [0.25, 0.3) is 0 Å². The number of amides is 1. The fourth-order valence-corrected chi connectivity index (χ4v) is 3.48. The Kier molecular flexibility index (Phi) is 5.99. The van der Waals surface area contributed by atoms with E-state index in [1.165, 1.54) is 5.56 Å². The molecule has 0 aromatic heterocycles. The fourth-order valence-electron chi connectivity index (χ4n) is 2.32. The number of thioether (sulfide) groups is 1. The van der Waals surface area contributed by atoms with E-state index in [2.05, 4.69) is 19.1 Å². The standard InChI is InChI=1S/C13H18N2OS.ClH/c1-10-13(11-5-3-2-4-6-11)15(7-8-17-10)12(16)9-14;/h2-6,10,13H,7-9,14H2,1H3;1H. The number of nitrogens with two attached hydrogens (primary N) is 1. The highest BCUT2D eigenvalue weighted by Gasteiger charge is 2.32. The predicted octanol–water partition coefficient (Wildman–Crippen LogP) is 2.07. The Balaban J connectivity index is 0.00000162. The van der Waals surface area contributed by atoms with Gasteiger partial charge in [-0.1, -0.05) is 37.3 Å². The van der Waals surface area contributed by atoms with Gasteiger partial charge in [0.15, 0.2) is 0 Å². The number of carbonyl (C=O) groups excluding carboxylic acids is 1. The summed E-state index contributed by atoms with van der Waals surface area (Å²) in [5.74, 6) is 1.04. The first-order valence-corrected chi connectivity index (χ1v) is 6.95. The third kappa shape index (κ3) is 3.19. The number of carbonyl (C=O) groups is 1. The van der Waals surface area contributed by atoms with Crippen LogP contribution in [0.1, 0.15) is 18.5 Å². The smallest absolute Gasteiger partial charge is 0.236 e. The second kappa shape index (κ2) is 7.02. The van der Waals surface area contributed by atoms with Crippen molar-refractivity contribution in [2.75, 3.05) is 18.8 Å². The second-order valence-electron chi connectivity index (χ2n) is 4.22. The quantitative estimate of drug-likeness (QED) is 0.905. The fraction of sp³-hybridized carbons (Fsp3) is 0.462. The minimum atomic E-state index is 0. The van der Waals surface area contributed by atoms with E-state index < -0.39 is 0 Å². The summed E-state index contributed by atoms with van der Waals surface area (Å²) < 4.78 is 0. The maximum Gasteiger partial charge on any atom is 0.236 e. The average Bonchev–Trinajstić information content (AvgIpc) is 2.38. The summed E-state index contributed by atoms with van der Waals surface area (Å²) in [6.07, 6.45) is 0. The first-order valence-electron chi connectivity index (χ1n) is 5.90. The van der Waals surface area contributed by atoms with Crippen LogP contribution in [-0.2, 0) is 4.79 Å². The zero-order valence-corrected chi connectivity index (χ0v) is 12.0. The lowest BCUT2D eigenvalue weighted by Gasteiger charge is -2.39. The molecule has 2 rings (SSSR count). The van der Waals surface area contributed by atoms with E-state index in [9.17, 15) is 4.79 Å². The molecule has 2 atom stereocenters. The van der Waals surface area contributed by atoms with E-state index in [-0.39, 0.29) is 30.9 Å². The highest BCUT2D eigenvalue weighted by molar-refractivity contribution is 8.00. The van der Waals surface area contributed by atoms with E-state index in [0.29, 0.717) is 5.25 Å². The zero-order valence-electron chi connectivity index (χ0n) is 10.4. The van der Waals surface area contributed by atoms with Crippen molar-refractivity contribution in [2.24, 2.45) is 5.73 Å². The number of hydrogen-bond donors (Lipinski definition) is 1. The Morgan fingerprint density at radius 1 is 1.44 bits per heavy atom. The first-order chi connectivity index (χ1) is 8.24. The summed E-state index contributed by atoms with van der Waals surface area (Å²) >= 11 is 1.92. The molecule has 0 radical (unpaired) electrons. The Morgan fingerprint density at radius 3 is 2.72 bits per heavy atom. The van der Waals surface area contributed by atoms with E-state index in [1.807, 2.05) is 34.9 Å². The number of rotatable bonds is 2. The number of nitrogens with zero attached hydrogens (tertiary/aromatic N) is 1. The van der Waals surface area contributed by atoms with E-state index in [0.717, 1.165) is 12.3 Å². The molecule has 5 heteroatoms. The molecule has 1 aromatic rings. The van der Waals surface area contributed by atoms with Gasteiger partial charge in [0.2, 0.25) is 5.91 Å². The van der Waals surface area contributed by atoms with Crippen LogP contribution in [-0.4, -0.2) is 34.9 Å². The van der Waals surface area contributed by atoms with Gasteiger partial charge in [0, 0.05) is 17.5 Å². The van der Waals surface area contributed by atoms with Crippen molar-refractivity contribution in [3.8, 4) is 0 Å². The molecule has 0 bridgehead atoms. The number of benzene rings is 1. The molecule has 1 aromatic carbocycles. The largest absolute Gasteiger partial charge is 0.333 e. The SMILES string of the molecule is CC1SCCN(C(=O)CN)C1c1ccccc1.Cl. The Labute approximate surface area is 119 Å². The molecule has 1 fully saturated rings. The van der Waals surface area contributed by atoms with Crippen LogP contribution >= 0.6 is 24.2 Å². The highest BCUT2D eigenvalue weighted by atomic mass is 35.5. The highest BCUT2D eigenvalue weighted by Crippen LogP contribution is 2.35. The van der Waals surface area contributed by atoms with Gasteiger partial charge in [-0.05, 0) is 5.56 Å². The topological polar surface area (TPSA) is 46.3 Å². The van der Waals surface area contributed by atoms with Crippen LogP contribution in [0.25, 0.3) is 0 Å². The minimum Gasteiger partial charge on any atom is -0.333 e. The lowest BCUT2D eigenvalue weighted by molar-refractivity contribution is -0.132. The van der Waals surface area contributed by atoms with Crippen LogP contribution in [0.4, 0.5) is 0 Å². The van der Waals surface area contributed by atoms with Gasteiger partial charge in [-0.2, -0.15) is 11.8 Å². The molecular formula is C13H19ClN2OS. The van der Waals surface area contributed by atoms with Crippen LogP contribution < -0.4 is 5.73 Å². The molecule has 1 amide bonds. The molecule has 1 aliphatic heterocycles. The van der Waals surface area contributed by atoms with Gasteiger partial charge in [-0.25, -0.2) is 0 Å². The van der Waals surface area contributed by atoms with E-state index in [4.69, 9.17) is 5.73 Å². The van der Waals surface area contributed by atoms with Gasteiger partial charge < -0.3 is 10.6 Å².